The van der Waals surface area contributed by atoms with Crippen molar-refractivity contribution in [2.45, 2.75) is 13.1 Å². The van der Waals surface area contributed by atoms with Gasteiger partial charge in [-0.1, -0.05) is 29.8 Å². The second-order valence-corrected chi connectivity index (χ2v) is 5.16. The summed E-state index contributed by atoms with van der Waals surface area (Å²) < 4.78 is 0. The van der Waals surface area contributed by atoms with E-state index in [4.69, 9.17) is 16.9 Å². The van der Waals surface area contributed by atoms with Crippen molar-refractivity contribution in [1.82, 2.24) is 15.6 Å². The Hall–Kier alpha value is -2.84. The first kappa shape index (κ1) is 16.5. The Morgan fingerprint density at radius 3 is 2.65 bits per heavy atom. The smallest absolute Gasteiger partial charge is 0.263 e. The molecule has 116 valence electrons. The molecule has 0 saturated heterocycles. The minimum Gasteiger partial charge on any atom is -0.386 e. The fourth-order valence-corrected chi connectivity index (χ4v) is 1.93. The number of nitrogens with zero attached hydrogens (tertiary/aromatic N) is 2. The summed E-state index contributed by atoms with van der Waals surface area (Å²) in [6.07, 6.45) is 4.73. The van der Waals surface area contributed by atoms with Crippen LogP contribution < -0.4 is 10.6 Å². The first-order chi connectivity index (χ1) is 11.2. The summed E-state index contributed by atoms with van der Waals surface area (Å²) in [5, 5.41) is 15.4. The van der Waals surface area contributed by atoms with Gasteiger partial charge in [-0.05, 0) is 29.3 Å². The standard InChI is InChI=1S/C17H15ClN4O/c18-16-5-3-13(4-6-16)9-21-12-15(8-19)17(23)22-11-14-2-1-7-20-10-14/h1-7,10,12,21H,9,11H2,(H,22,23)/b15-12-. The van der Waals surface area contributed by atoms with Gasteiger partial charge in [0.1, 0.15) is 11.6 Å². The largest absolute Gasteiger partial charge is 0.386 e. The van der Waals surface area contributed by atoms with Gasteiger partial charge in [-0.15, -0.1) is 0 Å². The summed E-state index contributed by atoms with van der Waals surface area (Å²) in [6, 6.07) is 12.8. The Labute approximate surface area is 139 Å². The third-order valence-electron chi connectivity index (χ3n) is 3.01. The average molecular weight is 327 g/mol. The SMILES string of the molecule is N#C/C(=C/NCc1ccc(Cl)cc1)C(=O)NCc1cccnc1. The number of hydrogen-bond donors (Lipinski definition) is 2. The van der Waals surface area contributed by atoms with E-state index in [0.717, 1.165) is 11.1 Å². The number of rotatable bonds is 6. The molecular formula is C17H15ClN4O. The van der Waals surface area contributed by atoms with Crippen molar-refractivity contribution in [2.75, 3.05) is 0 Å². The number of halogens is 1. The van der Waals surface area contributed by atoms with Crippen LogP contribution >= 0.6 is 11.6 Å². The molecule has 0 aliphatic carbocycles. The van der Waals surface area contributed by atoms with Crippen molar-refractivity contribution in [3.05, 3.63) is 76.7 Å². The molecular weight excluding hydrogens is 312 g/mol. The number of aromatic nitrogens is 1. The zero-order chi connectivity index (χ0) is 16.5. The second-order valence-electron chi connectivity index (χ2n) is 4.72. The highest BCUT2D eigenvalue weighted by Crippen LogP contribution is 2.09. The first-order valence-electron chi connectivity index (χ1n) is 6.94. The van der Waals surface area contributed by atoms with E-state index in [-0.39, 0.29) is 5.57 Å². The lowest BCUT2D eigenvalue weighted by Gasteiger charge is -2.05. The maximum Gasteiger partial charge on any atom is 0.263 e. The average Bonchev–Trinajstić information content (AvgIpc) is 2.59. The number of carbonyl (C=O) groups excluding carboxylic acids is 1. The van der Waals surface area contributed by atoms with Crippen LogP contribution in [0.3, 0.4) is 0 Å². The van der Waals surface area contributed by atoms with Gasteiger partial charge < -0.3 is 10.6 Å². The molecule has 2 aromatic rings. The third kappa shape index (κ3) is 5.46. The Morgan fingerprint density at radius 2 is 2.00 bits per heavy atom. The molecule has 0 bridgehead atoms. The topological polar surface area (TPSA) is 77.8 Å². The Balaban J connectivity index is 1.86. The van der Waals surface area contributed by atoms with Gasteiger partial charge in [0.05, 0.1) is 0 Å². The van der Waals surface area contributed by atoms with E-state index in [1.54, 1.807) is 30.6 Å². The number of hydrogen-bond acceptors (Lipinski definition) is 4. The minimum atomic E-state index is -0.431. The van der Waals surface area contributed by atoms with Crippen LogP contribution in [-0.4, -0.2) is 10.9 Å². The molecule has 0 aliphatic rings. The molecule has 1 heterocycles. The van der Waals surface area contributed by atoms with Gasteiger partial charge in [0, 0.05) is 36.7 Å². The summed E-state index contributed by atoms with van der Waals surface area (Å²) in [5.74, 6) is -0.431. The van der Waals surface area contributed by atoms with E-state index in [1.165, 1.54) is 6.20 Å². The monoisotopic (exact) mass is 326 g/mol. The van der Waals surface area contributed by atoms with Crippen LogP contribution in [0.1, 0.15) is 11.1 Å². The van der Waals surface area contributed by atoms with Crippen LogP contribution in [0.5, 0.6) is 0 Å². The predicted molar refractivity (Wildman–Crippen MR) is 88.1 cm³/mol. The Kier molecular flexibility index (Phi) is 6.16. The van der Waals surface area contributed by atoms with E-state index in [2.05, 4.69) is 15.6 Å². The molecule has 0 unspecified atom stereocenters. The van der Waals surface area contributed by atoms with Crippen molar-refractivity contribution in [2.24, 2.45) is 0 Å². The highest BCUT2D eigenvalue weighted by Gasteiger charge is 2.08. The molecule has 0 radical (unpaired) electrons. The van der Waals surface area contributed by atoms with Gasteiger partial charge in [-0.3, -0.25) is 9.78 Å². The molecule has 0 aliphatic heterocycles. The summed E-state index contributed by atoms with van der Waals surface area (Å²) in [4.78, 5) is 15.9. The lowest BCUT2D eigenvalue weighted by Crippen LogP contribution is -2.25. The van der Waals surface area contributed by atoms with E-state index in [1.807, 2.05) is 24.3 Å². The van der Waals surface area contributed by atoms with Crippen LogP contribution in [0.15, 0.2) is 60.6 Å². The van der Waals surface area contributed by atoms with Gasteiger partial charge in [0.15, 0.2) is 0 Å². The number of carbonyl (C=O) groups is 1. The zero-order valence-corrected chi connectivity index (χ0v) is 13.0. The molecule has 0 saturated carbocycles. The molecule has 0 spiro atoms. The van der Waals surface area contributed by atoms with Crippen molar-refractivity contribution < 1.29 is 4.79 Å². The predicted octanol–water partition coefficient (Wildman–Crippen LogP) is 2.55. The summed E-state index contributed by atoms with van der Waals surface area (Å²) in [5.41, 5.74) is 1.88. The highest BCUT2D eigenvalue weighted by atomic mass is 35.5. The Morgan fingerprint density at radius 1 is 1.22 bits per heavy atom. The van der Waals surface area contributed by atoms with Gasteiger partial charge >= 0.3 is 0 Å². The molecule has 6 heteroatoms. The van der Waals surface area contributed by atoms with E-state index < -0.39 is 5.91 Å². The fraction of sp³-hybridized carbons (Fsp3) is 0.118. The summed E-state index contributed by atoms with van der Waals surface area (Å²) in [6.45, 7) is 0.821. The maximum atomic E-state index is 12.0. The van der Waals surface area contributed by atoms with Crippen molar-refractivity contribution in [3.8, 4) is 6.07 Å². The molecule has 2 rings (SSSR count). The van der Waals surface area contributed by atoms with Crippen LogP contribution in [0, 0.1) is 11.3 Å². The van der Waals surface area contributed by atoms with E-state index in [0.29, 0.717) is 18.1 Å². The lowest BCUT2D eigenvalue weighted by atomic mass is 10.2. The Bertz CT molecular complexity index is 721. The molecule has 0 fully saturated rings. The second kappa shape index (κ2) is 8.57. The quantitative estimate of drug-likeness (QED) is 0.631. The molecule has 23 heavy (non-hydrogen) atoms. The van der Waals surface area contributed by atoms with Gasteiger partial charge in [0.25, 0.3) is 5.91 Å². The normalized spacial score (nSPS) is 10.7. The third-order valence-corrected chi connectivity index (χ3v) is 3.26. The molecule has 1 aromatic heterocycles. The lowest BCUT2D eigenvalue weighted by molar-refractivity contribution is -0.117. The number of nitrogens with one attached hydrogen (secondary N) is 2. The van der Waals surface area contributed by atoms with E-state index in [9.17, 15) is 4.79 Å². The molecule has 1 amide bonds. The number of amides is 1. The molecule has 5 nitrogen and oxygen atoms in total. The minimum absolute atomic E-state index is 0.0165. The van der Waals surface area contributed by atoms with E-state index >= 15 is 0 Å². The maximum absolute atomic E-state index is 12.0. The van der Waals surface area contributed by atoms with Gasteiger partial charge in [0.2, 0.25) is 0 Å². The van der Waals surface area contributed by atoms with Crippen LogP contribution in [0.4, 0.5) is 0 Å². The number of nitriles is 1. The number of pyridine rings is 1. The molecule has 1 aromatic carbocycles. The van der Waals surface area contributed by atoms with Gasteiger partial charge in [-0.2, -0.15) is 5.26 Å². The van der Waals surface area contributed by atoms with Crippen molar-refractivity contribution in [3.63, 3.8) is 0 Å². The van der Waals surface area contributed by atoms with Crippen molar-refractivity contribution >= 4 is 17.5 Å². The fourth-order valence-electron chi connectivity index (χ4n) is 1.80. The van der Waals surface area contributed by atoms with Crippen LogP contribution in [-0.2, 0) is 17.9 Å². The first-order valence-corrected chi connectivity index (χ1v) is 7.32. The summed E-state index contributed by atoms with van der Waals surface area (Å²) in [7, 11) is 0. The summed E-state index contributed by atoms with van der Waals surface area (Å²) >= 11 is 5.81. The van der Waals surface area contributed by atoms with Crippen LogP contribution in [0.25, 0.3) is 0 Å². The molecule has 2 N–H and O–H groups in total. The highest BCUT2D eigenvalue weighted by molar-refractivity contribution is 6.30. The van der Waals surface area contributed by atoms with Crippen molar-refractivity contribution in [1.29, 1.82) is 5.26 Å². The zero-order valence-electron chi connectivity index (χ0n) is 12.3. The van der Waals surface area contributed by atoms with Gasteiger partial charge in [-0.25, -0.2) is 0 Å². The van der Waals surface area contributed by atoms with Crippen LogP contribution in [0.2, 0.25) is 5.02 Å². The number of benzene rings is 1. The molecule has 0 atom stereocenters.